The summed E-state index contributed by atoms with van der Waals surface area (Å²) in [6.07, 6.45) is 10.2. The van der Waals surface area contributed by atoms with E-state index in [1.54, 1.807) is 0 Å². The fourth-order valence-electron chi connectivity index (χ4n) is 4.19. The molecule has 0 aliphatic heterocycles. The highest BCUT2D eigenvalue weighted by Crippen LogP contribution is 2.30. The molecule has 0 radical (unpaired) electrons. The summed E-state index contributed by atoms with van der Waals surface area (Å²) in [6.45, 7) is 0. The fraction of sp³-hybridized carbons (Fsp3) is 0.348. The number of unbranched alkanes of at least 4 members (excludes halogenated alkanes) is 1. The second-order valence-corrected chi connectivity index (χ2v) is 7.70. The number of fused-ring (bicyclic) bond motifs is 1. The van der Waals surface area contributed by atoms with E-state index in [0.717, 1.165) is 30.5 Å². The maximum Gasteiger partial charge on any atom is 0.177 e. The van der Waals surface area contributed by atoms with Gasteiger partial charge in [0.1, 0.15) is 0 Å². The number of imidazole rings is 1. The summed E-state index contributed by atoms with van der Waals surface area (Å²) in [5.74, 6) is 0. The molecule has 1 aliphatic carbocycles. The molecule has 1 aromatic heterocycles. The SMILES string of the molecule is S=c1[nH]cc(CCCCc2ccccc2)n1[C@H]1CCc2ccccc2C1. The number of aryl methyl sites for hydroxylation is 3. The first-order valence-electron chi connectivity index (χ1n) is 9.71. The van der Waals surface area contributed by atoms with Gasteiger partial charge in [0, 0.05) is 17.9 Å². The monoisotopic (exact) mass is 362 g/mol. The Bertz CT molecular complexity index is 907. The molecule has 1 aliphatic rings. The molecule has 1 heterocycles. The van der Waals surface area contributed by atoms with Gasteiger partial charge in [0.15, 0.2) is 4.77 Å². The number of H-pyrrole nitrogens is 1. The Morgan fingerprint density at radius 1 is 0.923 bits per heavy atom. The van der Waals surface area contributed by atoms with Gasteiger partial charge in [-0.2, -0.15) is 0 Å². The van der Waals surface area contributed by atoms with Crippen LogP contribution in [0.3, 0.4) is 0 Å². The number of aromatic nitrogens is 2. The number of nitrogens with zero attached hydrogens (tertiary/aromatic N) is 1. The summed E-state index contributed by atoms with van der Waals surface area (Å²) in [6, 6.07) is 20.1. The second kappa shape index (κ2) is 8.05. The van der Waals surface area contributed by atoms with Crippen molar-refractivity contribution in [3.8, 4) is 0 Å². The molecule has 134 valence electrons. The molecule has 1 atom stereocenters. The molecule has 0 saturated heterocycles. The summed E-state index contributed by atoms with van der Waals surface area (Å²) in [5.41, 5.74) is 5.80. The van der Waals surface area contributed by atoms with Crippen LogP contribution in [-0.4, -0.2) is 9.55 Å². The lowest BCUT2D eigenvalue weighted by Gasteiger charge is -2.27. The molecule has 3 aromatic rings. The van der Waals surface area contributed by atoms with Gasteiger partial charge in [0.2, 0.25) is 0 Å². The van der Waals surface area contributed by atoms with Crippen molar-refractivity contribution in [3.05, 3.63) is 87.9 Å². The van der Waals surface area contributed by atoms with Crippen LogP contribution >= 0.6 is 12.2 Å². The van der Waals surface area contributed by atoms with Crippen LogP contribution in [0.15, 0.2) is 60.8 Å². The lowest BCUT2D eigenvalue weighted by molar-refractivity contribution is 0.425. The van der Waals surface area contributed by atoms with Crippen LogP contribution in [0, 0.1) is 4.77 Å². The molecule has 2 aromatic carbocycles. The van der Waals surface area contributed by atoms with Crippen molar-refractivity contribution in [1.82, 2.24) is 9.55 Å². The van der Waals surface area contributed by atoms with Crippen molar-refractivity contribution in [1.29, 1.82) is 0 Å². The van der Waals surface area contributed by atoms with Crippen LogP contribution in [-0.2, 0) is 25.7 Å². The Hall–Kier alpha value is -2.13. The van der Waals surface area contributed by atoms with Gasteiger partial charge < -0.3 is 9.55 Å². The standard InChI is InChI=1S/C23H26N2S/c26-23-24-17-22(13-7-4-10-18-8-2-1-3-9-18)25(23)21-15-14-19-11-5-6-12-20(19)16-21/h1-3,5-6,8-9,11-12,17,21H,4,7,10,13-16H2,(H,24,26)/t21-/m0/s1. The topological polar surface area (TPSA) is 20.7 Å². The van der Waals surface area contributed by atoms with Crippen molar-refractivity contribution < 1.29 is 0 Å². The first-order chi connectivity index (χ1) is 12.8. The second-order valence-electron chi connectivity index (χ2n) is 7.31. The van der Waals surface area contributed by atoms with E-state index in [1.807, 2.05) is 0 Å². The maximum atomic E-state index is 5.62. The quantitative estimate of drug-likeness (QED) is 0.431. The average Bonchev–Trinajstić information content (AvgIpc) is 3.06. The number of nitrogens with one attached hydrogen (secondary N) is 1. The van der Waals surface area contributed by atoms with Gasteiger partial charge in [-0.25, -0.2) is 0 Å². The van der Waals surface area contributed by atoms with Crippen molar-refractivity contribution in [2.45, 2.75) is 51.0 Å². The first kappa shape index (κ1) is 17.3. The van der Waals surface area contributed by atoms with E-state index in [4.69, 9.17) is 12.2 Å². The van der Waals surface area contributed by atoms with Crippen molar-refractivity contribution in [2.24, 2.45) is 0 Å². The van der Waals surface area contributed by atoms with Gasteiger partial charge in [-0.05, 0) is 73.9 Å². The number of aromatic amines is 1. The van der Waals surface area contributed by atoms with Gasteiger partial charge in [0.05, 0.1) is 0 Å². The van der Waals surface area contributed by atoms with E-state index >= 15 is 0 Å². The van der Waals surface area contributed by atoms with E-state index in [9.17, 15) is 0 Å². The summed E-state index contributed by atoms with van der Waals surface area (Å²) in [4.78, 5) is 3.29. The number of hydrogen-bond acceptors (Lipinski definition) is 1. The summed E-state index contributed by atoms with van der Waals surface area (Å²) < 4.78 is 3.28. The number of benzene rings is 2. The molecule has 26 heavy (non-hydrogen) atoms. The third-order valence-electron chi connectivity index (χ3n) is 5.57. The summed E-state index contributed by atoms with van der Waals surface area (Å²) in [5, 5.41) is 0. The van der Waals surface area contributed by atoms with Crippen molar-refractivity contribution in [2.75, 3.05) is 0 Å². The minimum Gasteiger partial charge on any atom is -0.337 e. The van der Waals surface area contributed by atoms with Gasteiger partial charge in [0.25, 0.3) is 0 Å². The Morgan fingerprint density at radius 3 is 2.50 bits per heavy atom. The Balaban J connectivity index is 1.41. The first-order valence-corrected chi connectivity index (χ1v) is 10.1. The molecule has 0 amide bonds. The van der Waals surface area contributed by atoms with E-state index in [0.29, 0.717) is 6.04 Å². The smallest absolute Gasteiger partial charge is 0.177 e. The van der Waals surface area contributed by atoms with Gasteiger partial charge in [-0.15, -0.1) is 0 Å². The minimum atomic E-state index is 0.493. The van der Waals surface area contributed by atoms with Crippen LogP contribution in [0.5, 0.6) is 0 Å². The molecule has 3 heteroatoms. The van der Waals surface area contributed by atoms with Gasteiger partial charge >= 0.3 is 0 Å². The highest BCUT2D eigenvalue weighted by Gasteiger charge is 2.22. The Morgan fingerprint density at radius 2 is 1.65 bits per heavy atom. The zero-order valence-electron chi connectivity index (χ0n) is 15.2. The third-order valence-corrected chi connectivity index (χ3v) is 5.88. The molecular formula is C23H26N2S. The van der Waals surface area contributed by atoms with Crippen molar-refractivity contribution >= 4 is 12.2 Å². The molecule has 2 nitrogen and oxygen atoms in total. The van der Waals surface area contributed by atoms with Crippen LogP contribution < -0.4 is 0 Å². The third kappa shape index (κ3) is 3.83. The zero-order chi connectivity index (χ0) is 17.8. The summed E-state index contributed by atoms with van der Waals surface area (Å²) >= 11 is 5.62. The van der Waals surface area contributed by atoms with Crippen molar-refractivity contribution in [3.63, 3.8) is 0 Å². The van der Waals surface area contributed by atoms with E-state index in [-0.39, 0.29) is 0 Å². The predicted molar refractivity (Wildman–Crippen MR) is 110 cm³/mol. The molecule has 0 saturated carbocycles. The van der Waals surface area contributed by atoms with Gasteiger partial charge in [-0.1, -0.05) is 54.6 Å². The number of rotatable bonds is 6. The average molecular weight is 363 g/mol. The van der Waals surface area contributed by atoms with Crippen LogP contribution in [0.2, 0.25) is 0 Å². The molecular weight excluding hydrogens is 336 g/mol. The minimum absolute atomic E-state index is 0.493. The molecule has 4 rings (SSSR count). The Labute approximate surface area is 160 Å². The number of hydrogen-bond donors (Lipinski definition) is 1. The molecule has 0 fully saturated rings. The molecule has 1 N–H and O–H groups in total. The molecule has 0 unspecified atom stereocenters. The molecule has 0 bridgehead atoms. The maximum absolute atomic E-state index is 5.62. The van der Waals surface area contributed by atoms with E-state index in [1.165, 1.54) is 41.6 Å². The predicted octanol–water partition coefficient (Wildman–Crippen LogP) is 5.84. The van der Waals surface area contributed by atoms with Crippen LogP contribution in [0.25, 0.3) is 0 Å². The van der Waals surface area contributed by atoms with Crippen LogP contribution in [0.4, 0.5) is 0 Å². The highest BCUT2D eigenvalue weighted by molar-refractivity contribution is 7.71. The van der Waals surface area contributed by atoms with E-state index < -0.39 is 0 Å². The normalized spacial score (nSPS) is 16.4. The lowest BCUT2D eigenvalue weighted by Crippen LogP contribution is -2.20. The Kier molecular flexibility index (Phi) is 5.35. The fourth-order valence-corrected chi connectivity index (χ4v) is 4.51. The summed E-state index contributed by atoms with van der Waals surface area (Å²) in [7, 11) is 0. The lowest BCUT2D eigenvalue weighted by atomic mass is 9.88. The van der Waals surface area contributed by atoms with Gasteiger partial charge in [-0.3, -0.25) is 0 Å². The highest BCUT2D eigenvalue weighted by atomic mass is 32.1. The van der Waals surface area contributed by atoms with Crippen LogP contribution in [0.1, 0.15) is 47.7 Å². The van der Waals surface area contributed by atoms with E-state index in [2.05, 4.69) is 70.3 Å². The molecule has 0 spiro atoms. The largest absolute Gasteiger partial charge is 0.337 e. The zero-order valence-corrected chi connectivity index (χ0v) is 16.0.